The summed E-state index contributed by atoms with van der Waals surface area (Å²) in [6, 6.07) is 9.26. The molecule has 1 saturated carbocycles. The van der Waals surface area contributed by atoms with Gasteiger partial charge in [0.2, 0.25) is 0 Å². The van der Waals surface area contributed by atoms with Crippen LogP contribution in [0.1, 0.15) is 45.1 Å². The molecule has 134 valence electrons. The zero-order valence-corrected chi connectivity index (χ0v) is 14.9. The maximum absolute atomic E-state index is 13.0. The lowest BCUT2D eigenvalue weighted by Gasteiger charge is -2.38. The summed E-state index contributed by atoms with van der Waals surface area (Å²) < 4.78 is 23.5. The molecule has 2 N–H and O–H groups in total. The average molecular weight is 356 g/mol. The molecule has 6 nitrogen and oxygen atoms in total. The molecule has 0 amide bonds. The van der Waals surface area contributed by atoms with E-state index in [4.69, 9.17) is 14.4 Å². The van der Waals surface area contributed by atoms with Crippen LogP contribution in [0.2, 0.25) is 0 Å². The molecule has 7 heteroatoms. The second kappa shape index (κ2) is 7.68. The summed E-state index contributed by atoms with van der Waals surface area (Å²) in [4.78, 5) is 21.8. The van der Waals surface area contributed by atoms with Crippen molar-refractivity contribution in [1.29, 1.82) is 0 Å². The monoisotopic (exact) mass is 356 g/mol. The summed E-state index contributed by atoms with van der Waals surface area (Å²) in [6.45, 7) is 3.36. The number of carboxylic acid groups (broad SMARTS) is 1. The maximum atomic E-state index is 13.0. The van der Waals surface area contributed by atoms with E-state index < -0.39 is 31.1 Å². The highest BCUT2D eigenvalue weighted by molar-refractivity contribution is 7.53. The molecule has 0 aliphatic heterocycles. The summed E-state index contributed by atoms with van der Waals surface area (Å²) in [5.74, 6) is 0. The summed E-state index contributed by atoms with van der Waals surface area (Å²) in [5, 5.41) is 9.17. The first-order valence-corrected chi connectivity index (χ1v) is 9.86. The normalized spacial score (nSPS) is 20.5. The van der Waals surface area contributed by atoms with Crippen molar-refractivity contribution in [2.45, 2.75) is 63.3 Å². The zero-order valence-electron chi connectivity index (χ0n) is 14.1. The Balaban J connectivity index is 2.40. The Bertz CT molecular complexity index is 594. The van der Waals surface area contributed by atoms with Gasteiger partial charge in [-0.1, -0.05) is 30.3 Å². The molecule has 0 aromatic heterocycles. The second-order valence-corrected chi connectivity index (χ2v) is 8.53. The molecule has 1 aromatic carbocycles. The molecule has 0 spiro atoms. The van der Waals surface area contributed by atoms with Gasteiger partial charge >= 0.3 is 13.8 Å². The van der Waals surface area contributed by atoms with Gasteiger partial charge in [0.05, 0.1) is 6.10 Å². The average Bonchev–Trinajstić information content (AvgIpc) is 2.92. The van der Waals surface area contributed by atoms with Crippen LogP contribution in [0.5, 0.6) is 0 Å². The van der Waals surface area contributed by atoms with Crippen molar-refractivity contribution in [3.05, 3.63) is 35.9 Å². The highest BCUT2D eigenvalue weighted by Crippen LogP contribution is 2.58. The Hall–Kier alpha value is -1.36. The predicted molar refractivity (Wildman–Crippen MR) is 90.3 cm³/mol. The number of rotatable bonds is 7. The van der Waals surface area contributed by atoms with E-state index in [1.807, 2.05) is 30.3 Å². The molecule has 24 heavy (non-hydrogen) atoms. The molecule has 1 aliphatic rings. The van der Waals surface area contributed by atoms with E-state index in [-0.39, 0.29) is 6.42 Å². The van der Waals surface area contributed by atoms with Gasteiger partial charge in [-0.2, -0.15) is 0 Å². The molecule has 2 unspecified atom stereocenters. The number of benzene rings is 1. The molecule has 2 rings (SSSR count). The van der Waals surface area contributed by atoms with Crippen LogP contribution in [-0.2, 0) is 20.2 Å². The molecule has 1 aromatic rings. The molecule has 0 bridgehead atoms. The van der Waals surface area contributed by atoms with Gasteiger partial charge in [0.15, 0.2) is 0 Å². The minimum absolute atomic E-state index is 0.231. The number of hydrogen-bond donors (Lipinski definition) is 2. The highest BCUT2D eigenvalue weighted by atomic mass is 31.2. The fourth-order valence-electron chi connectivity index (χ4n) is 3.46. The van der Waals surface area contributed by atoms with Crippen LogP contribution in [0, 0.1) is 0 Å². The van der Waals surface area contributed by atoms with Gasteiger partial charge < -0.3 is 19.3 Å². The van der Waals surface area contributed by atoms with E-state index in [0.717, 1.165) is 18.4 Å². The van der Waals surface area contributed by atoms with Crippen LogP contribution >= 0.6 is 7.60 Å². The lowest BCUT2D eigenvalue weighted by molar-refractivity contribution is -0.0227. The summed E-state index contributed by atoms with van der Waals surface area (Å²) in [6.07, 6.45) is 0.766. The zero-order chi connectivity index (χ0) is 17.8. The standard InChI is InChI=1S/C17H25O6P/c1-13(2)23-24(20,21)15(12-14-8-4-3-5-9-14)17(22-16(18)19)10-6-7-11-17/h3-5,8-9,13,15H,6-7,10-12H2,1-2H3,(H,18,19)(H,20,21). The summed E-state index contributed by atoms with van der Waals surface area (Å²) in [7, 11) is -4.08. The minimum atomic E-state index is -4.08. The fraction of sp³-hybridized carbons (Fsp3) is 0.588. The third-order valence-corrected chi connectivity index (χ3v) is 6.54. The molecule has 0 saturated heterocycles. The van der Waals surface area contributed by atoms with Crippen molar-refractivity contribution in [2.24, 2.45) is 0 Å². The largest absolute Gasteiger partial charge is 0.506 e. The topological polar surface area (TPSA) is 93.1 Å². The van der Waals surface area contributed by atoms with Crippen LogP contribution in [0.25, 0.3) is 0 Å². The molecule has 0 heterocycles. The van der Waals surface area contributed by atoms with Crippen molar-refractivity contribution in [3.63, 3.8) is 0 Å². The van der Waals surface area contributed by atoms with E-state index in [2.05, 4.69) is 0 Å². The van der Waals surface area contributed by atoms with Gasteiger partial charge in [-0.15, -0.1) is 0 Å². The van der Waals surface area contributed by atoms with Gasteiger partial charge in [-0.3, -0.25) is 4.57 Å². The first-order valence-electron chi connectivity index (χ1n) is 8.22. The third-order valence-electron chi connectivity index (χ3n) is 4.38. The van der Waals surface area contributed by atoms with Gasteiger partial charge in [0, 0.05) is 0 Å². The van der Waals surface area contributed by atoms with Crippen LogP contribution in [-0.4, -0.2) is 33.5 Å². The Morgan fingerprint density at radius 1 is 1.25 bits per heavy atom. The van der Waals surface area contributed by atoms with E-state index in [1.54, 1.807) is 13.8 Å². The lowest BCUT2D eigenvalue weighted by atomic mass is 9.92. The van der Waals surface area contributed by atoms with Crippen LogP contribution in [0.3, 0.4) is 0 Å². The van der Waals surface area contributed by atoms with Crippen LogP contribution in [0.15, 0.2) is 30.3 Å². The van der Waals surface area contributed by atoms with E-state index in [1.165, 1.54) is 0 Å². The van der Waals surface area contributed by atoms with Gasteiger partial charge in [-0.05, 0) is 51.5 Å². The predicted octanol–water partition coefficient (Wildman–Crippen LogP) is 4.22. The Morgan fingerprint density at radius 3 is 2.33 bits per heavy atom. The highest BCUT2D eigenvalue weighted by Gasteiger charge is 2.54. The lowest BCUT2D eigenvalue weighted by Crippen LogP contribution is -2.45. The first kappa shape index (κ1) is 19.0. The number of carbonyl (C=O) groups is 1. The molecular weight excluding hydrogens is 331 g/mol. The van der Waals surface area contributed by atoms with E-state index >= 15 is 0 Å². The van der Waals surface area contributed by atoms with Crippen LogP contribution in [0.4, 0.5) is 4.79 Å². The van der Waals surface area contributed by atoms with E-state index in [0.29, 0.717) is 12.8 Å². The van der Waals surface area contributed by atoms with Crippen LogP contribution < -0.4 is 0 Å². The number of hydrogen-bond acceptors (Lipinski definition) is 4. The minimum Gasteiger partial charge on any atom is -0.450 e. The van der Waals surface area contributed by atoms with Gasteiger partial charge in [0.1, 0.15) is 11.3 Å². The molecule has 1 fully saturated rings. The summed E-state index contributed by atoms with van der Waals surface area (Å²) >= 11 is 0. The van der Waals surface area contributed by atoms with Crippen molar-refractivity contribution in [2.75, 3.05) is 0 Å². The molecule has 2 atom stereocenters. The van der Waals surface area contributed by atoms with Gasteiger partial charge in [-0.25, -0.2) is 4.79 Å². The molecule has 1 aliphatic carbocycles. The Kier molecular flexibility index (Phi) is 6.07. The summed E-state index contributed by atoms with van der Waals surface area (Å²) in [5.41, 5.74) is -1.25. The Labute approximate surface area is 142 Å². The second-order valence-electron chi connectivity index (χ2n) is 6.56. The van der Waals surface area contributed by atoms with Gasteiger partial charge in [0.25, 0.3) is 0 Å². The fourth-order valence-corrected chi connectivity index (χ4v) is 5.56. The quantitative estimate of drug-likeness (QED) is 0.561. The SMILES string of the molecule is CC(C)OP(=O)(O)C(Cc1ccccc1)C1(OC(=O)O)CCCC1. The molecular formula is C17H25O6P. The van der Waals surface area contributed by atoms with Crippen molar-refractivity contribution in [3.8, 4) is 0 Å². The smallest absolute Gasteiger partial charge is 0.450 e. The maximum Gasteiger partial charge on any atom is 0.506 e. The van der Waals surface area contributed by atoms with Crippen molar-refractivity contribution >= 4 is 13.8 Å². The molecule has 0 radical (unpaired) electrons. The Morgan fingerprint density at radius 2 is 1.83 bits per heavy atom. The first-order chi connectivity index (χ1) is 11.3. The number of ether oxygens (including phenoxy) is 1. The third kappa shape index (κ3) is 4.59. The van der Waals surface area contributed by atoms with Crippen molar-refractivity contribution < 1.29 is 28.6 Å². The van der Waals surface area contributed by atoms with Crippen molar-refractivity contribution in [1.82, 2.24) is 0 Å². The van der Waals surface area contributed by atoms with E-state index in [9.17, 15) is 14.3 Å².